The molecule has 0 atom stereocenters. The van der Waals surface area contributed by atoms with Gasteiger partial charge >= 0.3 is 11.7 Å². The Bertz CT molecular complexity index is 1210. The van der Waals surface area contributed by atoms with Crippen LogP contribution in [-0.4, -0.2) is 29.0 Å². The van der Waals surface area contributed by atoms with Crippen LogP contribution in [0.25, 0.3) is 5.53 Å². The number of nitrogens with zero attached hydrogens (tertiary/aromatic N) is 2. The zero-order chi connectivity index (χ0) is 22.1. The first-order valence-electron chi connectivity index (χ1n) is 9.18. The molecule has 0 aromatic heterocycles. The van der Waals surface area contributed by atoms with Crippen LogP contribution in [0.1, 0.15) is 21.5 Å². The van der Waals surface area contributed by atoms with E-state index in [0.29, 0.717) is 27.4 Å². The molecule has 152 valence electrons. The van der Waals surface area contributed by atoms with Crippen LogP contribution < -0.4 is 5.32 Å². The number of ether oxygens (including phenoxy) is 1. The van der Waals surface area contributed by atoms with E-state index in [1.807, 2.05) is 6.07 Å². The van der Waals surface area contributed by atoms with Gasteiger partial charge in [0.2, 0.25) is 0 Å². The lowest BCUT2D eigenvalue weighted by molar-refractivity contribution is -0.138. The van der Waals surface area contributed by atoms with E-state index in [4.69, 9.17) is 21.9 Å². The van der Waals surface area contributed by atoms with Gasteiger partial charge in [0.25, 0.3) is 5.91 Å². The van der Waals surface area contributed by atoms with Crippen LogP contribution in [0.2, 0.25) is 5.02 Å². The summed E-state index contributed by atoms with van der Waals surface area (Å²) in [6, 6.07) is 22.1. The average Bonchev–Trinajstić information content (AvgIpc) is 2.80. The molecule has 0 bridgehead atoms. The molecule has 0 aliphatic carbocycles. The molecule has 1 amide bonds. The molecule has 6 nitrogen and oxygen atoms in total. The summed E-state index contributed by atoms with van der Waals surface area (Å²) in [6.07, 6.45) is 0. The van der Waals surface area contributed by atoms with Crippen molar-refractivity contribution in [3.63, 3.8) is 0 Å². The molecule has 3 rings (SSSR count). The molecule has 1 N–H and O–H groups in total. The number of rotatable bonds is 5. The second-order valence-corrected chi connectivity index (χ2v) is 6.64. The Hall–Kier alpha value is -4.17. The van der Waals surface area contributed by atoms with Crippen molar-refractivity contribution in [2.75, 3.05) is 11.9 Å². The van der Waals surface area contributed by atoms with E-state index in [9.17, 15) is 9.59 Å². The van der Waals surface area contributed by atoms with Gasteiger partial charge in [0.1, 0.15) is 0 Å². The van der Waals surface area contributed by atoms with E-state index >= 15 is 0 Å². The lowest BCUT2D eigenvalue weighted by Gasteiger charge is -2.07. The number of nitrogens with one attached hydrogen (secondary N) is 1. The zero-order valence-electron chi connectivity index (χ0n) is 16.2. The predicted octanol–water partition coefficient (Wildman–Crippen LogP) is 4.21. The van der Waals surface area contributed by atoms with Crippen molar-refractivity contribution >= 4 is 34.9 Å². The van der Waals surface area contributed by atoms with Crippen LogP contribution in [0.3, 0.4) is 0 Å². The van der Waals surface area contributed by atoms with E-state index in [2.05, 4.69) is 21.9 Å². The summed E-state index contributed by atoms with van der Waals surface area (Å²) in [7, 11) is 0. The number of carbonyl (C=O) groups excluding carboxylic acids is 2. The fourth-order valence-corrected chi connectivity index (χ4v) is 2.74. The minimum atomic E-state index is -0.829. The maximum Gasteiger partial charge on any atom is 0.423 e. The molecular formula is C24H16ClN3O3. The van der Waals surface area contributed by atoms with E-state index < -0.39 is 5.97 Å². The van der Waals surface area contributed by atoms with Gasteiger partial charge in [0.05, 0.1) is 11.3 Å². The number of anilines is 1. The van der Waals surface area contributed by atoms with Crippen LogP contribution in [-0.2, 0) is 9.53 Å². The predicted molar refractivity (Wildman–Crippen MR) is 118 cm³/mol. The summed E-state index contributed by atoms with van der Waals surface area (Å²) in [4.78, 5) is 27.5. The largest absolute Gasteiger partial charge is 0.444 e. The Labute approximate surface area is 184 Å². The number of carbonyl (C=O) groups is 2. The van der Waals surface area contributed by atoms with Crippen molar-refractivity contribution in [1.29, 1.82) is 0 Å². The molecule has 0 aliphatic rings. The summed E-state index contributed by atoms with van der Waals surface area (Å²) >= 11 is 5.82. The molecule has 0 spiro atoms. The Morgan fingerprint density at radius 2 is 1.61 bits per heavy atom. The molecule has 0 heterocycles. The lowest BCUT2D eigenvalue weighted by Crippen LogP contribution is -2.20. The minimum Gasteiger partial charge on any atom is -0.444 e. The van der Waals surface area contributed by atoms with Crippen molar-refractivity contribution in [2.24, 2.45) is 0 Å². The Kier molecular flexibility index (Phi) is 7.34. The van der Waals surface area contributed by atoms with Crippen LogP contribution >= 0.6 is 11.6 Å². The van der Waals surface area contributed by atoms with Crippen LogP contribution in [0.5, 0.6) is 0 Å². The third kappa shape index (κ3) is 5.91. The van der Waals surface area contributed by atoms with Gasteiger partial charge in [-0.25, -0.2) is 4.79 Å². The number of halogens is 1. The number of hydrogen-bond donors (Lipinski definition) is 1. The first kappa shape index (κ1) is 21.5. The van der Waals surface area contributed by atoms with Crippen molar-refractivity contribution < 1.29 is 19.1 Å². The quantitative estimate of drug-likeness (QED) is 0.216. The van der Waals surface area contributed by atoms with Gasteiger partial charge in [-0.3, -0.25) is 4.79 Å². The number of hydrogen-bond acceptors (Lipinski definition) is 3. The molecular weight excluding hydrogens is 414 g/mol. The smallest absolute Gasteiger partial charge is 0.423 e. The van der Waals surface area contributed by atoms with E-state index in [1.54, 1.807) is 60.7 Å². The van der Waals surface area contributed by atoms with Crippen LogP contribution in [0, 0.1) is 11.8 Å². The highest BCUT2D eigenvalue weighted by molar-refractivity contribution is 6.41. The van der Waals surface area contributed by atoms with Gasteiger partial charge in [-0.05, 0) is 48.5 Å². The average molecular weight is 430 g/mol. The third-order valence-corrected chi connectivity index (χ3v) is 4.37. The van der Waals surface area contributed by atoms with Crippen molar-refractivity contribution in [3.8, 4) is 11.8 Å². The van der Waals surface area contributed by atoms with E-state index in [-0.39, 0.29) is 18.2 Å². The van der Waals surface area contributed by atoms with Gasteiger partial charge in [-0.1, -0.05) is 53.8 Å². The van der Waals surface area contributed by atoms with Gasteiger partial charge in [0.15, 0.2) is 6.61 Å². The molecule has 0 radical (unpaired) electrons. The molecule has 0 saturated heterocycles. The molecule has 0 fully saturated rings. The summed E-state index contributed by atoms with van der Waals surface area (Å²) < 4.78 is 5.07. The highest BCUT2D eigenvalue weighted by Gasteiger charge is 2.24. The topological polar surface area (TPSA) is 91.8 Å². The first-order chi connectivity index (χ1) is 15.1. The van der Waals surface area contributed by atoms with Crippen molar-refractivity contribution in [1.82, 2.24) is 0 Å². The summed E-state index contributed by atoms with van der Waals surface area (Å²) in [5.74, 6) is 4.51. The Balaban J connectivity index is 1.65. The summed E-state index contributed by atoms with van der Waals surface area (Å²) in [5.41, 5.74) is 10.9. The van der Waals surface area contributed by atoms with Crippen molar-refractivity contribution in [2.45, 2.75) is 0 Å². The fourth-order valence-electron chi connectivity index (χ4n) is 2.61. The number of esters is 1. The Morgan fingerprint density at radius 3 is 2.32 bits per heavy atom. The van der Waals surface area contributed by atoms with E-state index in [0.717, 1.165) is 0 Å². The highest BCUT2D eigenvalue weighted by atomic mass is 35.5. The first-order valence-corrected chi connectivity index (χ1v) is 9.55. The maximum absolute atomic E-state index is 12.4. The third-order valence-electron chi connectivity index (χ3n) is 4.12. The lowest BCUT2D eigenvalue weighted by atomic mass is 10.1. The molecule has 0 saturated carbocycles. The standard InChI is InChI=1S/C24H16ClN3O3/c25-20-14-12-18(13-15-20)22(28-26)24(30)31-16-6-10-17-7-4-5-11-21(17)27-23(29)19-8-2-1-3-9-19/h1-5,7-9,11-15H,16H2,(H,27,29). The molecule has 31 heavy (non-hydrogen) atoms. The van der Waals surface area contributed by atoms with Gasteiger partial charge in [-0.2, -0.15) is 4.79 Å². The van der Waals surface area contributed by atoms with Crippen LogP contribution in [0.15, 0.2) is 78.9 Å². The summed E-state index contributed by atoms with van der Waals surface area (Å²) in [6.45, 7) is -0.230. The Morgan fingerprint density at radius 1 is 0.935 bits per heavy atom. The zero-order valence-corrected chi connectivity index (χ0v) is 17.0. The van der Waals surface area contributed by atoms with E-state index in [1.165, 1.54) is 12.1 Å². The number of benzene rings is 3. The molecule has 3 aromatic rings. The van der Waals surface area contributed by atoms with Gasteiger partial charge in [0, 0.05) is 16.1 Å². The van der Waals surface area contributed by atoms with Gasteiger partial charge < -0.3 is 15.6 Å². The SMILES string of the molecule is [N-]=[N+]=C(C(=O)OCC#Cc1ccccc1NC(=O)c1ccccc1)c1ccc(Cl)cc1. The molecule has 0 aliphatic heterocycles. The summed E-state index contributed by atoms with van der Waals surface area (Å²) in [5, 5.41) is 3.30. The highest BCUT2D eigenvalue weighted by Crippen LogP contribution is 2.15. The normalized spacial score (nSPS) is 9.58. The van der Waals surface area contributed by atoms with Crippen LogP contribution in [0.4, 0.5) is 5.69 Å². The van der Waals surface area contributed by atoms with Gasteiger partial charge in [-0.15, -0.1) is 0 Å². The monoisotopic (exact) mass is 429 g/mol. The second kappa shape index (κ2) is 10.6. The minimum absolute atomic E-state index is 0.230. The molecule has 7 heteroatoms. The maximum atomic E-state index is 12.4. The molecule has 3 aromatic carbocycles. The number of amides is 1. The number of para-hydroxylation sites is 1. The molecule has 0 unspecified atom stereocenters. The fraction of sp³-hybridized carbons (Fsp3) is 0.0417. The van der Waals surface area contributed by atoms with Crippen molar-refractivity contribution in [3.05, 3.63) is 106 Å². The second-order valence-electron chi connectivity index (χ2n) is 6.20.